The van der Waals surface area contributed by atoms with Gasteiger partial charge in [0, 0.05) is 23.0 Å². The van der Waals surface area contributed by atoms with Crippen LogP contribution in [0.2, 0.25) is 0 Å². The molecule has 0 radical (unpaired) electrons. The van der Waals surface area contributed by atoms with Gasteiger partial charge in [0.15, 0.2) is 0 Å². The molecule has 1 aliphatic carbocycles. The number of aromatic amines is 1. The molecule has 1 aromatic heterocycles. The van der Waals surface area contributed by atoms with Gasteiger partial charge in [0.25, 0.3) is 5.91 Å². The number of pyridine rings is 1. The van der Waals surface area contributed by atoms with Crippen molar-refractivity contribution in [2.24, 2.45) is 11.7 Å². The predicted octanol–water partition coefficient (Wildman–Crippen LogP) is 1.39. The quantitative estimate of drug-likeness (QED) is 0.796. The normalized spacial score (nSPS) is 21.6. The monoisotopic (exact) mass is 285 g/mol. The van der Waals surface area contributed by atoms with Crippen molar-refractivity contribution < 1.29 is 4.79 Å². The molecule has 5 heteroatoms. The molecule has 1 heterocycles. The molecule has 1 fully saturated rings. The Hall–Kier alpha value is -2.14. The number of hydrogen-bond donors (Lipinski definition) is 3. The van der Waals surface area contributed by atoms with Crippen LogP contribution in [0.3, 0.4) is 0 Å². The maximum absolute atomic E-state index is 12.5. The Labute approximate surface area is 122 Å². The van der Waals surface area contributed by atoms with Crippen molar-refractivity contribution in [3.8, 4) is 0 Å². The van der Waals surface area contributed by atoms with Gasteiger partial charge in [-0.25, -0.2) is 0 Å². The van der Waals surface area contributed by atoms with Crippen LogP contribution in [0.15, 0.2) is 35.1 Å². The number of nitrogens with two attached hydrogens (primary N) is 1. The van der Waals surface area contributed by atoms with E-state index >= 15 is 0 Å². The summed E-state index contributed by atoms with van der Waals surface area (Å²) in [5, 5.41) is 3.80. The van der Waals surface area contributed by atoms with Crippen molar-refractivity contribution in [3.63, 3.8) is 0 Å². The summed E-state index contributed by atoms with van der Waals surface area (Å²) in [5.41, 5.74) is 6.59. The summed E-state index contributed by atoms with van der Waals surface area (Å²) in [7, 11) is 0. The molecule has 1 saturated carbocycles. The zero-order valence-corrected chi connectivity index (χ0v) is 11.8. The average Bonchev–Trinajstić information content (AvgIpc) is 2.93. The Morgan fingerprint density at radius 2 is 2.14 bits per heavy atom. The van der Waals surface area contributed by atoms with E-state index in [-0.39, 0.29) is 17.5 Å². The second-order valence-electron chi connectivity index (χ2n) is 5.60. The highest BCUT2D eigenvalue weighted by Gasteiger charge is 2.28. The molecule has 5 nitrogen and oxygen atoms in total. The molecule has 3 rings (SSSR count). The summed E-state index contributed by atoms with van der Waals surface area (Å²) in [5.74, 6) is 0.143. The summed E-state index contributed by atoms with van der Waals surface area (Å²) in [6.45, 7) is 0.584. The molecule has 0 bridgehead atoms. The minimum absolute atomic E-state index is 0.112. The molecule has 2 aromatic rings. The van der Waals surface area contributed by atoms with Crippen LogP contribution in [0.25, 0.3) is 10.9 Å². The number of nitrogens with one attached hydrogen (secondary N) is 2. The van der Waals surface area contributed by atoms with Crippen LogP contribution in [0.4, 0.5) is 0 Å². The lowest BCUT2D eigenvalue weighted by Crippen LogP contribution is -2.40. The first-order valence-electron chi connectivity index (χ1n) is 7.32. The van der Waals surface area contributed by atoms with E-state index in [4.69, 9.17) is 5.73 Å². The van der Waals surface area contributed by atoms with Crippen LogP contribution in [0, 0.1) is 5.92 Å². The SMILES string of the molecule is NCC1CCCC1NC(=O)c1cc(=O)[nH]c2ccccc12. The third-order valence-corrected chi connectivity index (χ3v) is 4.27. The number of aromatic nitrogens is 1. The number of rotatable bonds is 3. The van der Waals surface area contributed by atoms with Gasteiger partial charge in [-0.1, -0.05) is 24.6 Å². The summed E-state index contributed by atoms with van der Waals surface area (Å²) in [6.07, 6.45) is 3.09. The van der Waals surface area contributed by atoms with Crippen molar-refractivity contribution in [1.29, 1.82) is 0 Å². The number of para-hydroxylation sites is 1. The number of amides is 1. The van der Waals surface area contributed by atoms with Crippen LogP contribution in [-0.2, 0) is 0 Å². The standard InChI is InChI=1S/C16H19N3O2/c17-9-10-4-3-7-13(10)19-16(21)12-8-15(20)18-14-6-2-1-5-11(12)14/h1-2,5-6,8,10,13H,3-4,7,9,17H2,(H,18,20)(H,19,21). The first-order chi connectivity index (χ1) is 10.2. The van der Waals surface area contributed by atoms with Gasteiger partial charge >= 0.3 is 0 Å². The second-order valence-corrected chi connectivity index (χ2v) is 5.60. The minimum atomic E-state index is -0.263. The Morgan fingerprint density at radius 3 is 2.95 bits per heavy atom. The Bertz CT molecular complexity index is 723. The van der Waals surface area contributed by atoms with E-state index in [0.29, 0.717) is 23.5 Å². The van der Waals surface area contributed by atoms with E-state index in [1.807, 2.05) is 18.2 Å². The van der Waals surface area contributed by atoms with E-state index in [1.54, 1.807) is 6.07 Å². The highest BCUT2D eigenvalue weighted by atomic mass is 16.2. The van der Waals surface area contributed by atoms with Crippen molar-refractivity contribution >= 4 is 16.8 Å². The molecule has 1 aromatic carbocycles. The number of carbonyl (C=O) groups is 1. The Morgan fingerprint density at radius 1 is 1.33 bits per heavy atom. The molecule has 4 N–H and O–H groups in total. The van der Waals surface area contributed by atoms with Crippen molar-refractivity contribution in [2.75, 3.05) is 6.54 Å². The first kappa shape index (κ1) is 13.8. The van der Waals surface area contributed by atoms with Crippen LogP contribution < -0.4 is 16.6 Å². The molecule has 0 aliphatic heterocycles. The van der Waals surface area contributed by atoms with Gasteiger partial charge in [0.2, 0.25) is 5.56 Å². The number of hydrogen-bond acceptors (Lipinski definition) is 3. The van der Waals surface area contributed by atoms with Gasteiger partial charge in [-0.05, 0) is 31.4 Å². The zero-order valence-electron chi connectivity index (χ0n) is 11.8. The van der Waals surface area contributed by atoms with Gasteiger partial charge in [0.05, 0.1) is 5.56 Å². The van der Waals surface area contributed by atoms with E-state index in [2.05, 4.69) is 10.3 Å². The Balaban J connectivity index is 1.93. The molecule has 0 spiro atoms. The molecule has 0 saturated heterocycles. The minimum Gasteiger partial charge on any atom is -0.349 e. The molecule has 2 atom stereocenters. The van der Waals surface area contributed by atoms with Crippen LogP contribution in [0.5, 0.6) is 0 Å². The van der Waals surface area contributed by atoms with Crippen molar-refractivity contribution in [2.45, 2.75) is 25.3 Å². The van der Waals surface area contributed by atoms with E-state index < -0.39 is 0 Å². The fraction of sp³-hybridized carbons (Fsp3) is 0.375. The summed E-state index contributed by atoms with van der Waals surface area (Å²) >= 11 is 0. The first-order valence-corrected chi connectivity index (χ1v) is 7.32. The number of H-pyrrole nitrogens is 1. The van der Waals surface area contributed by atoms with Crippen LogP contribution in [-0.4, -0.2) is 23.5 Å². The van der Waals surface area contributed by atoms with E-state index in [1.165, 1.54) is 6.07 Å². The summed E-state index contributed by atoms with van der Waals surface area (Å²) in [6, 6.07) is 8.81. The molecule has 21 heavy (non-hydrogen) atoms. The van der Waals surface area contributed by atoms with Crippen LogP contribution in [0.1, 0.15) is 29.6 Å². The molecule has 1 amide bonds. The molecule has 1 aliphatic rings. The topological polar surface area (TPSA) is 88.0 Å². The lowest BCUT2D eigenvalue weighted by Gasteiger charge is -2.19. The zero-order chi connectivity index (χ0) is 14.8. The third-order valence-electron chi connectivity index (χ3n) is 4.27. The highest BCUT2D eigenvalue weighted by Crippen LogP contribution is 2.25. The van der Waals surface area contributed by atoms with Gasteiger partial charge in [-0.3, -0.25) is 9.59 Å². The number of fused-ring (bicyclic) bond motifs is 1. The second kappa shape index (κ2) is 5.69. The molecular weight excluding hydrogens is 266 g/mol. The fourth-order valence-electron chi connectivity index (χ4n) is 3.15. The van der Waals surface area contributed by atoms with Gasteiger partial charge in [-0.2, -0.15) is 0 Å². The summed E-state index contributed by atoms with van der Waals surface area (Å²) < 4.78 is 0. The van der Waals surface area contributed by atoms with Gasteiger partial charge in [-0.15, -0.1) is 0 Å². The maximum atomic E-state index is 12.5. The largest absolute Gasteiger partial charge is 0.349 e. The predicted molar refractivity (Wildman–Crippen MR) is 82.2 cm³/mol. The van der Waals surface area contributed by atoms with Crippen molar-refractivity contribution in [1.82, 2.24) is 10.3 Å². The smallest absolute Gasteiger partial charge is 0.252 e. The summed E-state index contributed by atoms with van der Waals surface area (Å²) in [4.78, 5) is 27.0. The van der Waals surface area contributed by atoms with E-state index in [9.17, 15) is 9.59 Å². The van der Waals surface area contributed by atoms with E-state index in [0.717, 1.165) is 24.6 Å². The average molecular weight is 285 g/mol. The van der Waals surface area contributed by atoms with Gasteiger partial charge in [0.1, 0.15) is 0 Å². The lowest BCUT2D eigenvalue weighted by molar-refractivity contribution is 0.0930. The Kier molecular flexibility index (Phi) is 3.75. The molecular formula is C16H19N3O2. The molecule has 110 valence electrons. The number of benzene rings is 1. The van der Waals surface area contributed by atoms with Crippen molar-refractivity contribution in [3.05, 3.63) is 46.2 Å². The highest BCUT2D eigenvalue weighted by molar-refractivity contribution is 6.06. The van der Waals surface area contributed by atoms with Crippen LogP contribution >= 0.6 is 0 Å². The molecule has 2 unspecified atom stereocenters. The number of carbonyl (C=O) groups excluding carboxylic acids is 1. The fourth-order valence-corrected chi connectivity index (χ4v) is 3.15. The maximum Gasteiger partial charge on any atom is 0.252 e. The van der Waals surface area contributed by atoms with Gasteiger partial charge < -0.3 is 16.0 Å². The third kappa shape index (κ3) is 2.69. The lowest BCUT2D eigenvalue weighted by atomic mass is 10.0.